The molecule has 4 rings (SSSR count). The highest BCUT2D eigenvalue weighted by molar-refractivity contribution is 6.66. The maximum Gasteiger partial charge on any atom is 0.496 e. The number of aromatic nitrogens is 2. The van der Waals surface area contributed by atoms with E-state index in [1.165, 1.54) is 24.9 Å². The van der Waals surface area contributed by atoms with Crippen molar-refractivity contribution in [3.8, 4) is 11.1 Å². The van der Waals surface area contributed by atoms with E-state index in [2.05, 4.69) is 5.32 Å². The van der Waals surface area contributed by atoms with Crippen LogP contribution >= 0.6 is 23.2 Å². The lowest BCUT2D eigenvalue weighted by atomic mass is 9.77. The SMILES string of the molecule is Cc1c(NC(=O)c2cn(C)c(=O)n(C)c2=O)cc(Cl)cc1-c1cccc(B2OC(C)(C)C(C)(C)O2)c1Cl. The summed E-state index contributed by atoms with van der Waals surface area (Å²) in [6, 6.07) is 8.91. The van der Waals surface area contributed by atoms with E-state index in [1.54, 1.807) is 12.1 Å². The Bertz CT molecular complexity index is 1530. The minimum absolute atomic E-state index is 0.175. The summed E-state index contributed by atoms with van der Waals surface area (Å²) in [6.07, 6.45) is 1.21. The number of aryl methyl sites for hydroxylation is 1. The van der Waals surface area contributed by atoms with Gasteiger partial charge in [0.05, 0.1) is 11.2 Å². The second-order valence-corrected chi connectivity index (χ2v) is 11.0. The van der Waals surface area contributed by atoms with E-state index >= 15 is 0 Å². The maximum absolute atomic E-state index is 13.0. The number of carbonyl (C=O) groups excluding carboxylic acids is 1. The number of amides is 1. The Morgan fingerprint density at radius 1 is 1.00 bits per heavy atom. The van der Waals surface area contributed by atoms with Gasteiger partial charge in [-0.1, -0.05) is 41.4 Å². The molecule has 37 heavy (non-hydrogen) atoms. The second-order valence-electron chi connectivity index (χ2n) is 10.2. The minimum atomic E-state index is -0.696. The van der Waals surface area contributed by atoms with Crippen molar-refractivity contribution in [1.82, 2.24) is 9.13 Å². The molecule has 194 valence electrons. The number of hydrogen-bond acceptors (Lipinski definition) is 5. The molecule has 11 heteroatoms. The van der Waals surface area contributed by atoms with Gasteiger partial charge in [0, 0.05) is 47.1 Å². The lowest BCUT2D eigenvalue weighted by Crippen LogP contribution is -2.41. The van der Waals surface area contributed by atoms with Crippen LogP contribution in [-0.4, -0.2) is 33.4 Å². The van der Waals surface area contributed by atoms with E-state index < -0.39 is 35.5 Å². The molecular weight excluding hydrogens is 516 g/mol. The smallest absolute Gasteiger partial charge is 0.399 e. The predicted octanol–water partition coefficient (Wildman–Crippen LogP) is 3.92. The molecule has 1 saturated heterocycles. The van der Waals surface area contributed by atoms with Crippen molar-refractivity contribution in [2.24, 2.45) is 14.1 Å². The van der Waals surface area contributed by atoms with Crippen molar-refractivity contribution in [1.29, 1.82) is 0 Å². The van der Waals surface area contributed by atoms with E-state index in [-0.39, 0.29) is 5.56 Å². The van der Waals surface area contributed by atoms with Gasteiger partial charge in [0.15, 0.2) is 0 Å². The molecule has 2 heterocycles. The third-order valence-corrected chi connectivity index (χ3v) is 7.78. The van der Waals surface area contributed by atoms with Gasteiger partial charge in [0.2, 0.25) is 0 Å². The topological polar surface area (TPSA) is 91.6 Å². The summed E-state index contributed by atoms with van der Waals surface area (Å²) >= 11 is 13.3. The monoisotopic (exact) mass is 543 g/mol. The molecule has 0 saturated carbocycles. The molecular formula is C26H28BCl2N3O5. The van der Waals surface area contributed by atoms with E-state index in [1.807, 2.05) is 52.8 Å². The quantitative estimate of drug-likeness (QED) is 0.503. The fourth-order valence-electron chi connectivity index (χ4n) is 4.15. The van der Waals surface area contributed by atoms with Gasteiger partial charge in [-0.3, -0.25) is 14.2 Å². The van der Waals surface area contributed by atoms with E-state index in [0.29, 0.717) is 37.9 Å². The predicted molar refractivity (Wildman–Crippen MR) is 147 cm³/mol. The summed E-state index contributed by atoms with van der Waals surface area (Å²) in [6.45, 7) is 9.70. The van der Waals surface area contributed by atoms with Crippen molar-refractivity contribution < 1.29 is 14.1 Å². The summed E-state index contributed by atoms with van der Waals surface area (Å²) < 4.78 is 14.4. The number of nitrogens with one attached hydrogen (secondary N) is 1. The van der Waals surface area contributed by atoms with Crippen molar-refractivity contribution in [3.63, 3.8) is 0 Å². The van der Waals surface area contributed by atoms with Crippen LogP contribution in [0.25, 0.3) is 11.1 Å². The summed E-state index contributed by atoms with van der Waals surface area (Å²) in [5, 5.41) is 3.56. The standard InChI is InChI=1S/C26H28BCl2N3O5/c1-14-17(16-9-8-10-19(21(16)29)27-36-25(2,3)26(4,5)37-27)11-15(28)12-20(14)30-22(33)18-13-31(6)24(35)32(7)23(18)34/h8-13H,1-7H3,(H,30,33). The van der Waals surface area contributed by atoms with Crippen molar-refractivity contribution >= 4 is 47.4 Å². The normalized spacial score (nSPS) is 16.2. The van der Waals surface area contributed by atoms with Crippen LogP contribution < -0.4 is 22.0 Å². The molecule has 0 radical (unpaired) electrons. The first-order chi connectivity index (χ1) is 17.1. The number of anilines is 1. The molecule has 1 aliphatic heterocycles. The second kappa shape index (κ2) is 9.47. The van der Waals surface area contributed by atoms with Crippen LogP contribution in [-0.2, 0) is 23.4 Å². The van der Waals surface area contributed by atoms with Gasteiger partial charge in [-0.2, -0.15) is 0 Å². The van der Waals surface area contributed by atoms with Gasteiger partial charge < -0.3 is 19.2 Å². The molecule has 1 aromatic heterocycles. The Kier molecular flexibility index (Phi) is 6.96. The molecule has 0 spiro atoms. The first kappa shape index (κ1) is 27.2. The maximum atomic E-state index is 13.0. The lowest BCUT2D eigenvalue weighted by Gasteiger charge is -2.32. The fraction of sp³-hybridized carbons (Fsp3) is 0.346. The van der Waals surface area contributed by atoms with Gasteiger partial charge in [0.1, 0.15) is 5.56 Å². The van der Waals surface area contributed by atoms with Crippen molar-refractivity contribution in [2.45, 2.75) is 45.8 Å². The summed E-state index contributed by atoms with van der Waals surface area (Å²) in [5.74, 6) is -0.662. The largest absolute Gasteiger partial charge is 0.496 e. The molecule has 0 atom stereocenters. The molecule has 0 unspecified atom stereocenters. The van der Waals surface area contributed by atoms with Crippen LogP contribution in [0.1, 0.15) is 43.6 Å². The fourth-order valence-corrected chi connectivity index (χ4v) is 4.69. The molecule has 1 fully saturated rings. The Morgan fingerprint density at radius 2 is 1.62 bits per heavy atom. The number of carbonyl (C=O) groups is 1. The van der Waals surface area contributed by atoms with Crippen LogP contribution in [0.2, 0.25) is 10.0 Å². The highest BCUT2D eigenvalue weighted by Crippen LogP contribution is 2.39. The van der Waals surface area contributed by atoms with Gasteiger partial charge in [-0.25, -0.2) is 4.79 Å². The zero-order chi connectivity index (χ0) is 27.4. The van der Waals surface area contributed by atoms with Crippen molar-refractivity contribution in [3.05, 3.63) is 78.5 Å². The molecule has 1 aliphatic rings. The van der Waals surface area contributed by atoms with E-state index in [4.69, 9.17) is 32.5 Å². The number of nitrogens with zero attached hydrogens (tertiary/aromatic N) is 2. The van der Waals surface area contributed by atoms with Gasteiger partial charge >= 0.3 is 12.8 Å². The summed E-state index contributed by atoms with van der Waals surface area (Å²) in [5.41, 5.74) is 0.687. The first-order valence-corrected chi connectivity index (χ1v) is 12.4. The van der Waals surface area contributed by atoms with Gasteiger partial charge in [0.25, 0.3) is 11.5 Å². The van der Waals surface area contributed by atoms with Gasteiger partial charge in [-0.15, -0.1) is 0 Å². The van der Waals surface area contributed by atoms with Crippen molar-refractivity contribution in [2.75, 3.05) is 5.32 Å². The molecule has 1 N–H and O–H groups in total. The molecule has 8 nitrogen and oxygen atoms in total. The Hall–Kier alpha value is -2.85. The van der Waals surface area contributed by atoms with E-state index in [0.717, 1.165) is 4.57 Å². The zero-order valence-electron chi connectivity index (χ0n) is 21.7. The Balaban J connectivity index is 1.74. The molecule has 2 aromatic carbocycles. The summed E-state index contributed by atoms with van der Waals surface area (Å²) in [7, 11) is 2.13. The Labute approximate surface area is 225 Å². The molecule has 0 bridgehead atoms. The molecule has 3 aromatic rings. The molecule has 0 aliphatic carbocycles. The average molecular weight is 544 g/mol. The minimum Gasteiger partial charge on any atom is -0.399 e. The Morgan fingerprint density at radius 3 is 2.24 bits per heavy atom. The third-order valence-electron chi connectivity index (χ3n) is 7.14. The number of hydrogen-bond donors (Lipinski definition) is 1. The number of benzene rings is 2. The number of rotatable bonds is 4. The average Bonchev–Trinajstić information content (AvgIpc) is 3.03. The zero-order valence-corrected chi connectivity index (χ0v) is 23.2. The summed E-state index contributed by atoms with van der Waals surface area (Å²) in [4.78, 5) is 37.6. The van der Waals surface area contributed by atoms with Crippen LogP contribution in [0, 0.1) is 6.92 Å². The highest BCUT2D eigenvalue weighted by Gasteiger charge is 2.52. The third kappa shape index (κ3) is 4.77. The highest BCUT2D eigenvalue weighted by atomic mass is 35.5. The van der Waals surface area contributed by atoms with Crippen LogP contribution in [0.5, 0.6) is 0 Å². The number of halogens is 2. The van der Waals surface area contributed by atoms with E-state index in [9.17, 15) is 14.4 Å². The van der Waals surface area contributed by atoms with Crippen LogP contribution in [0.15, 0.2) is 46.1 Å². The van der Waals surface area contributed by atoms with Crippen LogP contribution in [0.3, 0.4) is 0 Å². The first-order valence-electron chi connectivity index (χ1n) is 11.7. The lowest BCUT2D eigenvalue weighted by molar-refractivity contribution is 0.00578. The van der Waals surface area contributed by atoms with Gasteiger partial charge in [-0.05, 0) is 57.9 Å². The molecule has 1 amide bonds. The van der Waals surface area contributed by atoms with Crippen LogP contribution in [0.4, 0.5) is 5.69 Å².